The summed E-state index contributed by atoms with van der Waals surface area (Å²) in [6, 6.07) is 22.0. The van der Waals surface area contributed by atoms with Crippen LogP contribution < -0.4 is 4.74 Å². The molecule has 0 saturated carbocycles. The molecule has 1 amide bonds. The number of benzene rings is 3. The van der Waals surface area contributed by atoms with Crippen molar-refractivity contribution in [3.05, 3.63) is 100 Å². The van der Waals surface area contributed by atoms with Gasteiger partial charge in [0.25, 0.3) is 11.6 Å². The minimum atomic E-state index is -0.464. The second-order valence-corrected chi connectivity index (χ2v) is 8.05. The first-order chi connectivity index (χ1) is 16.5. The maximum absolute atomic E-state index is 12.6. The van der Waals surface area contributed by atoms with Gasteiger partial charge in [0.2, 0.25) is 0 Å². The van der Waals surface area contributed by atoms with E-state index in [1.165, 1.54) is 24.3 Å². The van der Waals surface area contributed by atoms with E-state index in [1.54, 1.807) is 24.3 Å². The molecule has 0 aromatic heterocycles. The molecule has 0 spiro atoms. The number of nitro benzene ring substituents is 1. The SMILES string of the molecule is O=C(CCN1CCN(C(=O)c2ccccc2)CC1)c1ccc(Oc2ccc([N+](=O)[O-])cc2)cc1. The average molecular weight is 460 g/mol. The zero-order chi connectivity index (χ0) is 23.9. The van der Waals surface area contributed by atoms with Crippen LogP contribution in [0.4, 0.5) is 5.69 Å². The van der Waals surface area contributed by atoms with Crippen molar-refractivity contribution in [2.45, 2.75) is 6.42 Å². The molecule has 1 aliphatic rings. The number of rotatable bonds is 8. The van der Waals surface area contributed by atoms with Gasteiger partial charge in [-0.2, -0.15) is 0 Å². The van der Waals surface area contributed by atoms with E-state index < -0.39 is 4.92 Å². The number of ether oxygens (including phenoxy) is 1. The first-order valence-electron chi connectivity index (χ1n) is 11.1. The predicted octanol–water partition coefficient (Wildman–Crippen LogP) is 4.42. The van der Waals surface area contributed by atoms with Crippen LogP contribution in [0, 0.1) is 10.1 Å². The summed E-state index contributed by atoms with van der Waals surface area (Å²) in [7, 11) is 0. The van der Waals surface area contributed by atoms with Crippen LogP contribution in [0.15, 0.2) is 78.9 Å². The highest BCUT2D eigenvalue weighted by atomic mass is 16.6. The van der Waals surface area contributed by atoms with Gasteiger partial charge in [0.1, 0.15) is 11.5 Å². The topological polar surface area (TPSA) is 93.0 Å². The van der Waals surface area contributed by atoms with Crippen LogP contribution in [0.1, 0.15) is 27.1 Å². The lowest BCUT2D eigenvalue weighted by Gasteiger charge is -2.34. The van der Waals surface area contributed by atoms with Crippen molar-refractivity contribution in [3.63, 3.8) is 0 Å². The van der Waals surface area contributed by atoms with Crippen molar-refractivity contribution in [1.29, 1.82) is 0 Å². The summed E-state index contributed by atoms with van der Waals surface area (Å²) in [6.07, 6.45) is 0.398. The Balaban J connectivity index is 1.23. The maximum Gasteiger partial charge on any atom is 0.269 e. The van der Waals surface area contributed by atoms with Crippen molar-refractivity contribution >= 4 is 17.4 Å². The van der Waals surface area contributed by atoms with Crippen molar-refractivity contribution in [2.75, 3.05) is 32.7 Å². The summed E-state index contributed by atoms with van der Waals surface area (Å²) in [6.45, 7) is 3.43. The van der Waals surface area contributed by atoms with Crippen LogP contribution in [0.2, 0.25) is 0 Å². The van der Waals surface area contributed by atoms with Gasteiger partial charge in [0.05, 0.1) is 4.92 Å². The molecule has 1 heterocycles. The number of ketones is 1. The molecule has 0 radical (unpaired) electrons. The molecule has 8 heteroatoms. The Morgan fingerprint density at radius 3 is 1.97 bits per heavy atom. The third-order valence-corrected chi connectivity index (χ3v) is 5.79. The number of carbonyl (C=O) groups excluding carboxylic acids is 2. The van der Waals surface area contributed by atoms with Gasteiger partial charge in [-0.05, 0) is 48.5 Å². The smallest absolute Gasteiger partial charge is 0.269 e. The molecule has 1 saturated heterocycles. The van der Waals surface area contributed by atoms with Gasteiger partial charge >= 0.3 is 0 Å². The number of nitro groups is 1. The second kappa shape index (κ2) is 10.7. The third kappa shape index (κ3) is 5.85. The molecule has 0 unspecified atom stereocenters. The Bertz CT molecular complexity index is 1140. The van der Waals surface area contributed by atoms with Crippen LogP contribution in [0.25, 0.3) is 0 Å². The summed E-state index contributed by atoms with van der Waals surface area (Å²) >= 11 is 0. The largest absolute Gasteiger partial charge is 0.457 e. The highest BCUT2D eigenvalue weighted by Crippen LogP contribution is 2.24. The van der Waals surface area contributed by atoms with E-state index in [0.717, 1.165) is 13.1 Å². The molecular formula is C26H25N3O5. The summed E-state index contributed by atoms with van der Waals surface area (Å²) in [5.74, 6) is 1.12. The Morgan fingerprint density at radius 2 is 1.38 bits per heavy atom. The molecule has 0 bridgehead atoms. The van der Waals surface area contributed by atoms with Crippen LogP contribution in [0.5, 0.6) is 11.5 Å². The molecule has 1 fully saturated rings. The van der Waals surface area contributed by atoms with Crippen molar-refractivity contribution in [2.24, 2.45) is 0 Å². The number of nitrogens with zero attached hydrogens (tertiary/aromatic N) is 3. The average Bonchev–Trinajstić information content (AvgIpc) is 2.88. The summed E-state index contributed by atoms with van der Waals surface area (Å²) in [4.78, 5) is 39.5. The molecule has 3 aromatic rings. The van der Waals surface area contributed by atoms with Crippen molar-refractivity contribution in [1.82, 2.24) is 9.80 Å². The van der Waals surface area contributed by atoms with Gasteiger partial charge in [0.15, 0.2) is 5.78 Å². The van der Waals surface area contributed by atoms with Gasteiger partial charge in [-0.25, -0.2) is 0 Å². The van der Waals surface area contributed by atoms with E-state index >= 15 is 0 Å². The lowest BCUT2D eigenvalue weighted by molar-refractivity contribution is -0.384. The normalized spacial score (nSPS) is 13.9. The summed E-state index contributed by atoms with van der Waals surface area (Å²) < 4.78 is 5.69. The molecular weight excluding hydrogens is 434 g/mol. The summed E-state index contributed by atoms with van der Waals surface area (Å²) in [5.41, 5.74) is 1.30. The Hall–Kier alpha value is -4.04. The van der Waals surface area contributed by atoms with Gasteiger partial charge in [-0.15, -0.1) is 0 Å². The van der Waals surface area contributed by atoms with E-state index in [1.807, 2.05) is 35.2 Å². The number of amides is 1. The Labute approximate surface area is 197 Å². The standard InChI is InChI=1S/C26H25N3O5/c30-25(14-15-27-16-18-28(19-17-27)26(31)21-4-2-1-3-5-21)20-6-10-23(11-7-20)34-24-12-8-22(9-13-24)29(32)33/h1-13H,14-19H2. The highest BCUT2D eigenvalue weighted by molar-refractivity contribution is 5.96. The lowest BCUT2D eigenvalue weighted by atomic mass is 10.1. The van der Waals surface area contributed by atoms with Gasteiger partial charge in [0, 0.05) is 62.4 Å². The first kappa shape index (κ1) is 23.1. The summed E-state index contributed by atoms with van der Waals surface area (Å²) in [5, 5.41) is 10.7. The quantitative estimate of drug-likeness (QED) is 0.281. The maximum atomic E-state index is 12.6. The number of carbonyl (C=O) groups is 2. The van der Waals surface area contributed by atoms with E-state index in [2.05, 4.69) is 4.90 Å². The molecule has 174 valence electrons. The Morgan fingerprint density at radius 1 is 0.794 bits per heavy atom. The number of hydrogen-bond acceptors (Lipinski definition) is 6. The minimum absolute atomic E-state index is 0.00231. The van der Waals surface area contributed by atoms with Crippen LogP contribution in [-0.4, -0.2) is 59.1 Å². The second-order valence-electron chi connectivity index (χ2n) is 8.05. The lowest BCUT2D eigenvalue weighted by Crippen LogP contribution is -2.49. The number of piperazine rings is 1. The van der Waals surface area contributed by atoms with Gasteiger partial charge in [-0.1, -0.05) is 18.2 Å². The third-order valence-electron chi connectivity index (χ3n) is 5.79. The van der Waals surface area contributed by atoms with Gasteiger partial charge in [-0.3, -0.25) is 24.6 Å². The zero-order valence-corrected chi connectivity index (χ0v) is 18.6. The molecule has 34 heavy (non-hydrogen) atoms. The number of hydrogen-bond donors (Lipinski definition) is 0. The van der Waals surface area contributed by atoms with Crippen molar-refractivity contribution < 1.29 is 19.2 Å². The number of Topliss-reactive ketones (excluding diaryl/α,β-unsaturated/α-hetero) is 1. The molecule has 0 aliphatic carbocycles. The fourth-order valence-corrected chi connectivity index (χ4v) is 3.82. The Kier molecular flexibility index (Phi) is 7.29. The minimum Gasteiger partial charge on any atom is -0.457 e. The van der Waals surface area contributed by atoms with E-state index in [0.29, 0.717) is 48.7 Å². The van der Waals surface area contributed by atoms with Crippen LogP contribution >= 0.6 is 0 Å². The molecule has 8 nitrogen and oxygen atoms in total. The fourth-order valence-electron chi connectivity index (χ4n) is 3.82. The monoisotopic (exact) mass is 459 g/mol. The van der Waals surface area contributed by atoms with E-state index in [9.17, 15) is 19.7 Å². The van der Waals surface area contributed by atoms with Crippen LogP contribution in [-0.2, 0) is 0 Å². The molecule has 4 rings (SSSR count). The first-order valence-corrected chi connectivity index (χ1v) is 11.1. The molecule has 0 N–H and O–H groups in total. The molecule has 0 atom stereocenters. The van der Waals surface area contributed by atoms with Gasteiger partial charge < -0.3 is 9.64 Å². The zero-order valence-electron chi connectivity index (χ0n) is 18.6. The van der Waals surface area contributed by atoms with E-state index in [4.69, 9.17) is 4.74 Å². The van der Waals surface area contributed by atoms with Crippen LogP contribution in [0.3, 0.4) is 0 Å². The molecule has 1 aliphatic heterocycles. The highest BCUT2D eigenvalue weighted by Gasteiger charge is 2.22. The van der Waals surface area contributed by atoms with Crippen molar-refractivity contribution in [3.8, 4) is 11.5 Å². The fraction of sp³-hybridized carbons (Fsp3) is 0.231. The number of non-ortho nitro benzene ring substituents is 1. The molecule has 3 aromatic carbocycles. The van der Waals surface area contributed by atoms with E-state index in [-0.39, 0.29) is 17.4 Å². The predicted molar refractivity (Wildman–Crippen MR) is 127 cm³/mol.